The van der Waals surface area contributed by atoms with Crippen molar-refractivity contribution in [3.8, 4) is 6.07 Å². The minimum Gasteiger partial charge on any atom is -0.381 e. The van der Waals surface area contributed by atoms with Crippen molar-refractivity contribution in [1.82, 2.24) is 10.6 Å². The van der Waals surface area contributed by atoms with E-state index in [9.17, 15) is 9.59 Å². The zero-order valence-corrected chi connectivity index (χ0v) is 14.5. The highest BCUT2D eigenvalue weighted by molar-refractivity contribution is 5.97. The van der Waals surface area contributed by atoms with E-state index in [0.29, 0.717) is 24.0 Å². The van der Waals surface area contributed by atoms with Crippen molar-refractivity contribution in [1.29, 1.82) is 5.26 Å². The molecule has 1 aromatic carbocycles. The maximum absolute atomic E-state index is 12.4. The summed E-state index contributed by atoms with van der Waals surface area (Å²) in [6.45, 7) is -0.0625. The third kappa shape index (κ3) is 5.87. The van der Waals surface area contributed by atoms with Gasteiger partial charge in [0.2, 0.25) is 5.91 Å². The maximum Gasteiger partial charge on any atom is 0.251 e. The summed E-state index contributed by atoms with van der Waals surface area (Å²) in [6.07, 6.45) is 4.76. The number of carbonyl (C=O) groups excluding carboxylic acids is 2. The summed E-state index contributed by atoms with van der Waals surface area (Å²) >= 11 is 0. The first-order valence-electron chi connectivity index (χ1n) is 8.67. The van der Waals surface area contributed by atoms with Gasteiger partial charge in [-0.1, -0.05) is 18.2 Å². The fraction of sp³-hybridized carbons (Fsp3) is 0.526. The lowest BCUT2D eigenvalue weighted by molar-refractivity contribution is -0.123. The molecular weight excluding hydrogens is 318 g/mol. The monoisotopic (exact) mass is 343 g/mol. The molecule has 1 aliphatic carbocycles. The van der Waals surface area contributed by atoms with E-state index in [0.717, 1.165) is 25.7 Å². The predicted molar refractivity (Wildman–Crippen MR) is 93.7 cm³/mol. The molecule has 0 heterocycles. The Labute approximate surface area is 148 Å². The van der Waals surface area contributed by atoms with Crippen LogP contribution in [0.2, 0.25) is 0 Å². The summed E-state index contributed by atoms with van der Waals surface area (Å²) in [5.41, 5.74) is 0.517. The Bertz CT molecular complexity index is 604. The van der Waals surface area contributed by atoms with Gasteiger partial charge in [-0.25, -0.2) is 0 Å². The van der Waals surface area contributed by atoms with E-state index in [1.165, 1.54) is 0 Å². The molecule has 0 aliphatic heterocycles. The van der Waals surface area contributed by atoms with Crippen LogP contribution in [0.15, 0.2) is 30.3 Å². The van der Waals surface area contributed by atoms with E-state index in [-0.39, 0.29) is 18.4 Å². The highest BCUT2D eigenvalue weighted by Gasteiger charge is 2.28. The lowest BCUT2D eigenvalue weighted by atomic mass is 9.83. The van der Waals surface area contributed by atoms with Crippen LogP contribution in [0.5, 0.6) is 0 Å². The van der Waals surface area contributed by atoms with Crippen LogP contribution in [-0.2, 0) is 9.53 Å². The highest BCUT2D eigenvalue weighted by Crippen LogP contribution is 2.29. The molecule has 1 aliphatic rings. The molecule has 1 atom stereocenters. The molecule has 2 amide bonds. The largest absolute Gasteiger partial charge is 0.381 e. The number of nitrogens with zero attached hydrogens (tertiary/aromatic N) is 1. The molecule has 6 heteroatoms. The van der Waals surface area contributed by atoms with Gasteiger partial charge in [0.1, 0.15) is 12.6 Å². The second-order valence-corrected chi connectivity index (χ2v) is 6.38. The number of nitriles is 1. The van der Waals surface area contributed by atoms with Gasteiger partial charge in [0.05, 0.1) is 12.2 Å². The summed E-state index contributed by atoms with van der Waals surface area (Å²) in [5, 5.41) is 14.1. The Hall–Kier alpha value is -2.39. The third-order valence-electron chi connectivity index (χ3n) is 4.70. The second kappa shape index (κ2) is 9.80. The topological polar surface area (TPSA) is 91.2 Å². The molecular formula is C19H25N3O3. The van der Waals surface area contributed by atoms with Crippen LogP contribution in [0.3, 0.4) is 0 Å². The van der Waals surface area contributed by atoms with Crippen molar-refractivity contribution in [2.75, 3.05) is 13.7 Å². The average molecular weight is 343 g/mol. The van der Waals surface area contributed by atoms with Crippen LogP contribution in [0.25, 0.3) is 0 Å². The zero-order valence-electron chi connectivity index (χ0n) is 14.5. The Morgan fingerprint density at radius 3 is 2.52 bits per heavy atom. The van der Waals surface area contributed by atoms with E-state index < -0.39 is 6.04 Å². The first-order valence-corrected chi connectivity index (χ1v) is 8.67. The minimum absolute atomic E-state index is 0.0625. The fourth-order valence-corrected chi connectivity index (χ4v) is 3.25. The van der Waals surface area contributed by atoms with Gasteiger partial charge in [-0.2, -0.15) is 5.26 Å². The van der Waals surface area contributed by atoms with Crippen LogP contribution in [0, 0.1) is 17.2 Å². The maximum atomic E-state index is 12.4. The van der Waals surface area contributed by atoms with Gasteiger partial charge >= 0.3 is 0 Å². The predicted octanol–water partition coefficient (Wildman–Crippen LogP) is 2.02. The number of carbonyl (C=O) groups is 2. The summed E-state index contributed by atoms with van der Waals surface area (Å²) in [5.74, 6) is -0.219. The summed E-state index contributed by atoms with van der Waals surface area (Å²) in [4.78, 5) is 24.8. The highest BCUT2D eigenvalue weighted by atomic mass is 16.5. The number of amides is 2. The van der Waals surface area contributed by atoms with E-state index in [2.05, 4.69) is 10.6 Å². The number of hydrogen-bond donors (Lipinski definition) is 2. The van der Waals surface area contributed by atoms with E-state index in [4.69, 9.17) is 10.00 Å². The molecule has 25 heavy (non-hydrogen) atoms. The normalized spacial score (nSPS) is 21.0. The second-order valence-electron chi connectivity index (χ2n) is 6.38. The average Bonchev–Trinajstić information content (AvgIpc) is 2.66. The van der Waals surface area contributed by atoms with Crippen molar-refractivity contribution < 1.29 is 14.3 Å². The quantitative estimate of drug-likeness (QED) is 0.741. The van der Waals surface area contributed by atoms with Gasteiger partial charge in [-0.05, 0) is 50.2 Å². The summed E-state index contributed by atoms with van der Waals surface area (Å²) in [7, 11) is 1.73. The molecule has 0 aromatic heterocycles. The zero-order chi connectivity index (χ0) is 18.1. The summed E-state index contributed by atoms with van der Waals surface area (Å²) < 4.78 is 5.38. The Morgan fingerprint density at radius 1 is 1.24 bits per heavy atom. The first kappa shape index (κ1) is 18.9. The van der Waals surface area contributed by atoms with Crippen molar-refractivity contribution in [3.63, 3.8) is 0 Å². The molecule has 0 spiro atoms. The number of benzene rings is 1. The van der Waals surface area contributed by atoms with Crippen LogP contribution in [0.1, 0.15) is 42.5 Å². The third-order valence-corrected chi connectivity index (χ3v) is 4.70. The number of methoxy groups -OCH3 is 1. The minimum atomic E-state index is -0.634. The van der Waals surface area contributed by atoms with Crippen LogP contribution in [-0.4, -0.2) is 37.6 Å². The van der Waals surface area contributed by atoms with E-state index >= 15 is 0 Å². The smallest absolute Gasteiger partial charge is 0.251 e. The first-order chi connectivity index (χ1) is 12.1. The van der Waals surface area contributed by atoms with Gasteiger partial charge in [0.25, 0.3) is 5.91 Å². The van der Waals surface area contributed by atoms with E-state index in [1.807, 2.05) is 12.1 Å². The fourth-order valence-electron chi connectivity index (χ4n) is 3.25. The molecule has 0 unspecified atom stereocenters. The Balaban J connectivity index is 1.99. The van der Waals surface area contributed by atoms with Crippen molar-refractivity contribution in [2.45, 2.75) is 44.2 Å². The molecule has 2 N–H and O–H groups in total. The van der Waals surface area contributed by atoms with Gasteiger partial charge in [-0.3, -0.25) is 9.59 Å². The number of rotatable bonds is 7. The van der Waals surface area contributed by atoms with Gasteiger partial charge in [0.15, 0.2) is 0 Å². The van der Waals surface area contributed by atoms with Crippen molar-refractivity contribution >= 4 is 11.8 Å². The van der Waals surface area contributed by atoms with Gasteiger partial charge in [0, 0.05) is 12.7 Å². The molecule has 1 aromatic rings. The number of ether oxygens (including phenoxy) is 1. The number of hydrogen-bond acceptors (Lipinski definition) is 4. The lowest BCUT2D eigenvalue weighted by Gasteiger charge is -2.30. The van der Waals surface area contributed by atoms with Crippen molar-refractivity contribution in [2.24, 2.45) is 5.92 Å². The lowest BCUT2D eigenvalue weighted by Crippen LogP contribution is -2.48. The Morgan fingerprint density at radius 2 is 1.92 bits per heavy atom. The molecule has 0 saturated heterocycles. The van der Waals surface area contributed by atoms with Gasteiger partial charge in [-0.15, -0.1) is 0 Å². The van der Waals surface area contributed by atoms with Crippen LogP contribution in [0.4, 0.5) is 0 Å². The van der Waals surface area contributed by atoms with Crippen LogP contribution >= 0.6 is 0 Å². The standard InChI is InChI=1S/C19H25N3O3/c1-25-16-9-7-14(8-10-16)13-17(19(24)21-12-11-20)22-18(23)15-5-3-2-4-6-15/h2-6,14,16-17H,7-10,12-13H2,1H3,(H,21,24)(H,22,23)/t14-,16+,17-/m0/s1. The molecule has 134 valence electrons. The Kier molecular flexibility index (Phi) is 7.42. The van der Waals surface area contributed by atoms with Gasteiger partial charge < -0.3 is 15.4 Å². The molecule has 1 saturated carbocycles. The molecule has 0 radical (unpaired) electrons. The molecule has 0 bridgehead atoms. The molecule has 6 nitrogen and oxygen atoms in total. The number of nitrogens with one attached hydrogen (secondary N) is 2. The SMILES string of the molecule is CO[C@H]1CC[C@@H](C[C@H](NC(=O)c2ccccc2)C(=O)NCC#N)CC1. The molecule has 1 fully saturated rings. The van der Waals surface area contributed by atoms with E-state index in [1.54, 1.807) is 31.4 Å². The van der Waals surface area contributed by atoms with Crippen LogP contribution < -0.4 is 10.6 Å². The molecule has 2 rings (SSSR count). The van der Waals surface area contributed by atoms with Crippen molar-refractivity contribution in [3.05, 3.63) is 35.9 Å². The summed E-state index contributed by atoms with van der Waals surface area (Å²) in [6, 6.07) is 10.1.